The lowest BCUT2D eigenvalue weighted by atomic mass is 9.99. The minimum absolute atomic E-state index is 0.107. The minimum atomic E-state index is -4.96. The van der Waals surface area contributed by atoms with E-state index >= 15 is 0 Å². The van der Waals surface area contributed by atoms with Gasteiger partial charge < -0.3 is 33.8 Å². The molecular weight excluding hydrogens is 1330 g/mol. The van der Waals surface area contributed by atoms with Gasteiger partial charge in [0.1, 0.15) is 19.3 Å². The summed E-state index contributed by atoms with van der Waals surface area (Å²) in [6.45, 7) is 9.67. The van der Waals surface area contributed by atoms with Crippen LogP contribution >= 0.6 is 15.6 Å². The van der Waals surface area contributed by atoms with Crippen molar-refractivity contribution in [1.29, 1.82) is 0 Å². The molecular formula is C83H162O17P2. The van der Waals surface area contributed by atoms with Crippen LogP contribution in [0.15, 0.2) is 0 Å². The normalized spacial score (nSPS) is 14.1. The Hall–Kier alpha value is -1.94. The number of hydrogen-bond acceptors (Lipinski definition) is 15. The van der Waals surface area contributed by atoms with Crippen molar-refractivity contribution in [3.8, 4) is 0 Å². The Kier molecular flexibility index (Phi) is 73.1. The van der Waals surface area contributed by atoms with Gasteiger partial charge in [-0.05, 0) is 37.5 Å². The summed E-state index contributed by atoms with van der Waals surface area (Å²) in [5.41, 5.74) is 0. The van der Waals surface area contributed by atoms with E-state index in [0.717, 1.165) is 102 Å². The Balaban J connectivity index is 5.23. The topological polar surface area (TPSA) is 237 Å². The Morgan fingerprint density at radius 3 is 0.745 bits per heavy atom. The maximum Gasteiger partial charge on any atom is 0.472 e. The Morgan fingerprint density at radius 2 is 0.500 bits per heavy atom. The fraction of sp³-hybridized carbons (Fsp3) is 0.952. The van der Waals surface area contributed by atoms with Gasteiger partial charge in [0.15, 0.2) is 12.2 Å². The summed E-state index contributed by atoms with van der Waals surface area (Å²) in [5.74, 6) is -0.532. The summed E-state index contributed by atoms with van der Waals surface area (Å²) in [6, 6.07) is 0. The van der Waals surface area contributed by atoms with Crippen LogP contribution in [0.4, 0.5) is 0 Å². The second-order valence-corrected chi connectivity index (χ2v) is 33.5. The van der Waals surface area contributed by atoms with Crippen LogP contribution in [0.5, 0.6) is 0 Å². The van der Waals surface area contributed by atoms with Gasteiger partial charge >= 0.3 is 39.5 Å². The SMILES string of the molecule is CCCCCCCCCCCCCCCCCCCCCCCCC(=O)O[C@H](COC(=O)CCCCCCCCCCCCCC(C)C)COP(=O)(O)OC[C@@H](O)COP(=O)(O)OC[C@@H](COC(=O)CCCCCCCCCCCCCC)OC(=O)CCCCCCCCCCCCC(C)CC. The van der Waals surface area contributed by atoms with Gasteiger partial charge in [-0.1, -0.05) is 388 Å². The molecule has 0 aromatic heterocycles. The van der Waals surface area contributed by atoms with Gasteiger partial charge in [-0.2, -0.15) is 0 Å². The van der Waals surface area contributed by atoms with Gasteiger partial charge in [0.25, 0.3) is 0 Å². The molecule has 6 atom stereocenters. The van der Waals surface area contributed by atoms with Crippen LogP contribution in [0.2, 0.25) is 0 Å². The van der Waals surface area contributed by atoms with E-state index in [1.54, 1.807) is 0 Å². The molecule has 102 heavy (non-hydrogen) atoms. The average Bonchev–Trinajstić information content (AvgIpc) is 0.965. The molecule has 0 radical (unpaired) electrons. The summed E-state index contributed by atoms with van der Waals surface area (Å²) < 4.78 is 68.8. The average molecular weight is 1490 g/mol. The van der Waals surface area contributed by atoms with Gasteiger partial charge in [0.2, 0.25) is 0 Å². The molecule has 0 rings (SSSR count). The van der Waals surface area contributed by atoms with Crippen LogP contribution in [-0.4, -0.2) is 96.7 Å². The van der Waals surface area contributed by atoms with Crippen LogP contribution < -0.4 is 0 Å². The fourth-order valence-corrected chi connectivity index (χ4v) is 14.4. The summed E-state index contributed by atoms with van der Waals surface area (Å²) in [5, 5.41) is 10.7. The van der Waals surface area contributed by atoms with Crippen molar-refractivity contribution >= 4 is 39.5 Å². The zero-order chi connectivity index (χ0) is 74.9. The first-order valence-electron chi connectivity index (χ1n) is 43.0. The molecule has 0 aromatic rings. The molecule has 0 saturated carbocycles. The second kappa shape index (κ2) is 74.5. The Labute approximate surface area is 626 Å². The van der Waals surface area contributed by atoms with Crippen LogP contribution in [0.25, 0.3) is 0 Å². The molecule has 0 heterocycles. The quantitative estimate of drug-likeness (QED) is 0.0222. The number of phosphoric ester groups is 2. The van der Waals surface area contributed by atoms with E-state index in [-0.39, 0.29) is 25.7 Å². The standard InChI is InChI=1S/C83H162O17P2/c1-7-10-12-14-16-18-20-22-23-24-25-26-27-28-29-30-31-35-43-49-55-61-67-82(87)99-78(71-94-81(86)66-60-54-48-42-36-32-33-39-45-51-57-63-75(4)5)73-97-101(89,90)95-69-77(84)70-96-102(91,92)98-74-79(72-93-80(85)65-59-53-47-41-34-21-19-17-15-13-11-8-2)100-83(88)68-62-56-50-44-38-37-40-46-52-58-64-76(6)9-3/h75-79,84H,7-74H2,1-6H3,(H,89,90)(H,91,92)/t76?,77-,78-,79-/m1/s1. The van der Waals surface area contributed by atoms with Crippen molar-refractivity contribution in [2.75, 3.05) is 39.6 Å². The molecule has 0 aliphatic carbocycles. The summed E-state index contributed by atoms with van der Waals surface area (Å²) in [4.78, 5) is 73.1. The molecule has 0 aromatic carbocycles. The monoisotopic (exact) mass is 1490 g/mol. The fourth-order valence-electron chi connectivity index (χ4n) is 12.9. The Morgan fingerprint density at radius 1 is 0.284 bits per heavy atom. The van der Waals surface area contributed by atoms with E-state index in [4.69, 9.17) is 37.0 Å². The number of carbonyl (C=O) groups is 4. The van der Waals surface area contributed by atoms with Crippen molar-refractivity contribution < 1.29 is 80.2 Å². The molecule has 0 spiro atoms. The van der Waals surface area contributed by atoms with E-state index in [1.807, 2.05) is 0 Å². The molecule has 3 N–H and O–H groups in total. The summed E-state index contributed by atoms with van der Waals surface area (Å²) in [6.07, 6.45) is 65.2. The highest BCUT2D eigenvalue weighted by molar-refractivity contribution is 7.47. The molecule has 3 unspecified atom stereocenters. The van der Waals surface area contributed by atoms with E-state index in [1.165, 1.54) is 257 Å². The Bertz CT molecular complexity index is 1960. The van der Waals surface area contributed by atoms with Crippen LogP contribution in [0, 0.1) is 11.8 Å². The van der Waals surface area contributed by atoms with E-state index in [2.05, 4.69) is 41.5 Å². The number of aliphatic hydroxyl groups excluding tert-OH is 1. The van der Waals surface area contributed by atoms with Gasteiger partial charge in [-0.3, -0.25) is 37.3 Å². The van der Waals surface area contributed by atoms with Gasteiger partial charge in [0.05, 0.1) is 26.4 Å². The number of hydrogen-bond donors (Lipinski definition) is 3. The van der Waals surface area contributed by atoms with Crippen LogP contribution in [-0.2, 0) is 65.4 Å². The zero-order valence-electron chi connectivity index (χ0n) is 66.9. The highest BCUT2D eigenvalue weighted by Crippen LogP contribution is 2.45. The molecule has 0 fully saturated rings. The van der Waals surface area contributed by atoms with Crippen molar-refractivity contribution in [1.82, 2.24) is 0 Å². The lowest BCUT2D eigenvalue weighted by molar-refractivity contribution is -0.161. The third-order valence-corrected chi connectivity index (χ3v) is 21.7. The van der Waals surface area contributed by atoms with E-state index < -0.39 is 97.5 Å². The number of phosphoric acid groups is 2. The van der Waals surface area contributed by atoms with Crippen molar-refractivity contribution in [2.24, 2.45) is 11.8 Å². The van der Waals surface area contributed by atoms with Gasteiger partial charge in [0, 0.05) is 25.7 Å². The smallest absolute Gasteiger partial charge is 0.462 e. The molecule has 0 aliphatic heterocycles. The second-order valence-electron chi connectivity index (χ2n) is 30.6. The minimum Gasteiger partial charge on any atom is -0.462 e. The number of esters is 4. The highest BCUT2D eigenvalue weighted by Gasteiger charge is 2.30. The number of ether oxygens (including phenoxy) is 4. The van der Waals surface area contributed by atoms with Gasteiger partial charge in [-0.15, -0.1) is 0 Å². The molecule has 606 valence electrons. The van der Waals surface area contributed by atoms with E-state index in [0.29, 0.717) is 25.7 Å². The number of aliphatic hydroxyl groups is 1. The van der Waals surface area contributed by atoms with E-state index in [9.17, 15) is 43.2 Å². The number of carbonyl (C=O) groups excluding carboxylic acids is 4. The maximum atomic E-state index is 13.1. The third-order valence-electron chi connectivity index (χ3n) is 19.8. The lowest BCUT2D eigenvalue weighted by Crippen LogP contribution is -2.30. The number of unbranched alkanes of at least 4 members (excludes halogenated alkanes) is 51. The first-order chi connectivity index (χ1) is 49.4. The maximum absolute atomic E-state index is 13.1. The molecule has 17 nitrogen and oxygen atoms in total. The van der Waals surface area contributed by atoms with Crippen molar-refractivity contribution in [3.63, 3.8) is 0 Å². The molecule has 19 heteroatoms. The van der Waals surface area contributed by atoms with Crippen molar-refractivity contribution in [3.05, 3.63) is 0 Å². The predicted molar refractivity (Wildman–Crippen MR) is 418 cm³/mol. The first-order valence-corrected chi connectivity index (χ1v) is 46.0. The van der Waals surface area contributed by atoms with Crippen molar-refractivity contribution in [2.45, 2.75) is 458 Å². The molecule has 0 bridgehead atoms. The van der Waals surface area contributed by atoms with Gasteiger partial charge in [-0.25, -0.2) is 9.13 Å². The summed E-state index contributed by atoms with van der Waals surface area (Å²) in [7, 11) is -9.92. The molecule has 0 amide bonds. The van der Waals surface area contributed by atoms with Crippen LogP contribution in [0.1, 0.15) is 440 Å². The summed E-state index contributed by atoms with van der Waals surface area (Å²) >= 11 is 0. The number of rotatable bonds is 82. The lowest BCUT2D eigenvalue weighted by Gasteiger charge is -2.21. The highest BCUT2D eigenvalue weighted by atomic mass is 31.2. The molecule has 0 saturated heterocycles. The molecule has 0 aliphatic rings. The van der Waals surface area contributed by atoms with Crippen LogP contribution in [0.3, 0.4) is 0 Å². The largest absolute Gasteiger partial charge is 0.472 e. The first kappa shape index (κ1) is 100. The zero-order valence-corrected chi connectivity index (χ0v) is 68.7. The predicted octanol–water partition coefficient (Wildman–Crippen LogP) is 25.1. The third kappa shape index (κ3) is 74.9.